The summed E-state index contributed by atoms with van der Waals surface area (Å²) in [6.07, 6.45) is 4.50. The fourth-order valence-electron chi connectivity index (χ4n) is 3.49. The number of hydrogen-bond donors (Lipinski definition) is 1. The van der Waals surface area contributed by atoms with E-state index in [0.29, 0.717) is 30.3 Å². The number of rotatable bonds is 5. The Morgan fingerprint density at radius 2 is 1.89 bits per heavy atom. The quantitative estimate of drug-likeness (QED) is 0.365. The van der Waals surface area contributed by atoms with E-state index < -0.39 is 10.9 Å². The Bertz CT molecular complexity index is 884. The molecule has 7 nitrogen and oxygen atoms in total. The number of esters is 1. The van der Waals surface area contributed by atoms with E-state index in [2.05, 4.69) is 4.74 Å². The third-order valence-corrected chi connectivity index (χ3v) is 5.01. The SMILES string of the molecule is COC(=O)/C=C/c1ccc(N2CCC(c3ccc(O)cc3)CC2)c([N+](=O)[O-])c1. The maximum atomic E-state index is 11.6. The van der Waals surface area contributed by atoms with Gasteiger partial charge in [-0.1, -0.05) is 18.2 Å². The van der Waals surface area contributed by atoms with Gasteiger partial charge in [-0.3, -0.25) is 10.1 Å². The van der Waals surface area contributed by atoms with Gasteiger partial charge in [0.1, 0.15) is 11.4 Å². The fraction of sp³-hybridized carbons (Fsp3) is 0.286. The van der Waals surface area contributed by atoms with Crippen LogP contribution in [0.15, 0.2) is 48.5 Å². The van der Waals surface area contributed by atoms with Crippen molar-refractivity contribution in [2.24, 2.45) is 0 Å². The summed E-state index contributed by atoms with van der Waals surface area (Å²) in [5.74, 6) is 0.111. The molecule has 1 fully saturated rings. The number of carbonyl (C=O) groups excluding carboxylic acids is 1. The smallest absolute Gasteiger partial charge is 0.330 e. The number of aromatic hydroxyl groups is 1. The van der Waals surface area contributed by atoms with Crippen molar-refractivity contribution in [1.82, 2.24) is 0 Å². The summed E-state index contributed by atoms with van der Waals surface area (Å²) in [6.45, 7) is 1.42. The number of anilines is 1. The van der Waals surface area contributed by atoms with Crippen molar-refractivity contribution in [1.29, 1.82) is 0 Å². The Labute approximate surface area is 163 Å². The summed E-state index contributed by atoms with van der Waals surface area (Å²) in [7, 11) is 1.28. The number of methoxy groups -OCH3 is 1. The lowest BCUT2D eigenvalue weighted by atomic mass is 9.89. The first kappa shape index (κ1) is 19.4. The molecule has 0 aromatic heterocycles. The minimum Gasteiger partial charge on any atom is -0.508 e. The molecule has 2 aromatic rings. The van der Waals surface area contributed by atoms with E-state index in [1.807, 2.05) is 17.0 Å². The van der Waals surface area contributed by atoms with Crippen LogP contribution in [0.2, 0.25) is 0 Å². The van der Waals surface area contributed by atoms with Gasteiger partial charge in [0, 0.05) is 25.2 Å². The second kappa shape index (κ2) is 8.56. The molecular formula is C21H22N2O5. The van der Waals surface area contributed by atoms with Crippen LogP contribution >= 0.6 is 0 Å². The zero-order chi connectivity index (χ0) is 20.1. The molecule has 1 aliphatic heterocycles. The Morgan fingerprint density at radius 1 is 1.21 bits per heavy atom. The summed E-state index contributed by atoms with van der Waals surface area (Å²) < 4.78 is 4.54. The van der Waals surface area contributed by atoms with Crippen LogP contribution < -0.4 is 4.90 Å². The van der Waals surface area contributed by atoms with Crippen molar-refractivity contribution in [2.75, 3.05) is 25.1 Å². The van der Waals surface area contributed by atoms with Gasteiger partial charge in [0.25, 0.3) is 5.69 Å². The average Bonchev–Trinajstić information content (AvgIpc) is 2.72. The van der Waals surface area contributed by atoms with Gasteiger partial charge in [0.05, 0.1) is 12.0 Å². The molecule has 1 aliphatic rings. The van der Waals surface area contributed by atoms with Crippen molar-refractivity contribution in [3.8, 4) is 5.75 Å². The molecule has 1 N–H and O–H groups in total. The topological polar surface area (TPSA) is 92.9 Å². The van der Waals surface area contributed by atoms with Gasteiger partial charge >= 0.3 is 5.97 Å². The van der Waals surface area contributed by atoms with E-state index in [1.54, 1.807) is 24.3 Å². The van der Waals surface area contributed by atoms with E-state index >= 15 is 0 Å². The van der Waals surface area contributed by atoms with E-state index in [4.69, 9.17) is 0 Å². The summed E-state index contributed by atoms with van der Waals surface area (Å²) in [5, 5.41) is 21.0. The van der Waals surface area contributed by atoms with Crippen molar-refractivity contribution >= 4 is 23.4 Å². The lowest BCUT2D eigenvalue weighted by molar-refractivity contribution is -0.384. The van der Waals surface area contributed by atoms with Gasteiger partial charge < -0.3 is 14.7 Å². The van der Waals surface area contributed by atoms with Crippen molar-refractivity contribution in [3.63, 3.8) is 0 Å². The summed E-state index contributed by atoms with van der Waals surface area (Å²) in [5.41, 5.74) is 2.36. The summed E-state index contributed by atoms with van der Waals surface area (Å²) in [4.78, 5) is 24.4. The highest BCUT2D eigenvalue weighted by atomic mass is 16.6. The minimum absolute atomic E-state index is 0.0232. The molecule has 28 heavy (non-hydrogen) atoms. The molecule has 1 heterocycles. The Hall–Kier alpha value is -3.35. The second-order valence-electron chi connectivity index (χ2n) is 6.71. The number of benzene rings is 2. The third kappa shape index (κ3) is 4.49. The van der Waals surface area contributed by atoms with Crippen LogP contribution in [-0.2, 0) is 9.53 Å². The normalized spacial score (nSPS) is 15.0. The molecule has 7 heteroatoms. The van der Waals surface area contributed by atoms with E-state index in [1.165, 1.54) is 30.9 Å². The van der Waals surface area contributed by atoms with Crippen LogP contribution in [0.1, 0.15) is 29.9 Å². The Kier molecular flexibility index (Phi) is 5.93. The zero-order valence-corrected chi connectivity index (χ0v) is 15.6. The number of ether oxygens (including phenoxy) is 1. The van der Waals surface area contributed by atoms with Crippen molar-refractivity contribution in [2.45, 2.75) is 18.8 Å². The molecule has 0 radical (unpaired) electrons. The van der Waals surface area contributed by atoms with Crippen LogP contribution in [0.3, 0.4) is 0 Å². The molecule has 0 amide bonds. The highest BCUT2D eigenvalue weighted by Crippen LogP contribution is 2.35. The summed E-state index contributed by atoms with van der Waals surface area (Å²) in [6, 6.07) is 12.2. The van der Waals surface area contributed by atoms with Gasteiger partial charge in [-0.05, 0) is 54.2 Å². The molecule has 2 aromatic carbocycles. The number of phenolic OH excluding ortho intramolecular Hbond substituents is 1. The van der Waals surface area contributed by atoms with E-state index in [0.717, 1.165) is 12.8 Å². The number of carbonyl (C=O) groups is 1. The first-order valence-corrected chi connectivity index (χ1v) is 9.06. The number of hydrogen-bond acceptors (Lipinski definition) is 6. The van der Waals surface area contributed by atoms with Gasteiger partial charge in [-0.15, -0.1) is 0 Å². The fourth-order valence-corrected chi connectivity index (χ4v) is 3.49. The molecule has 3 rings (SSSR count). The van der Waals surface area contributed by atoms with Gasteiger partial charge in [-0.2, -0.15) is 0 Å². The number of nitro benzene ring substituents is 1. The molecule has 0 atom stereocenters. The number of piperidine rings is 1. The van der Waals surface area contributed by atoms with Crippen LogP contribution in [0.4, 0.5) is 11.4 Å². The molecular weight excluding hydrogens is 360 g/mol. The average molecular weight is 382 g/mol. The van der Waals surface area contributed by atoms with E-state index in [9.17, 15) is 20.0 Å². The molecule has 0 saturated carbocycles. The van der Waals surface area contributed by atoms with E-state index in [-0.39, 0.29) is 11.4 Å². The number of phenols is 1. The standard InChI is InChI=1S/C21H22N2O5/c1-28-21(25)9-3-15-2-8-19(20(14-15)23(26)27)22-12-10-17(11-13-22)16-4-6-18(24)7-5-16/h2-9,14,17,24H,10-13H2,1H3/b9-3+. The maximum Gasteiger partial charge on any atom is 0.330 e. The highest BCUT2D eigenvalue weighted by Gasteiger charge is 2.25. The van der Waals surface area contributed by atoms with Gasteiger partial charge in [0.15, 0.2) is 0 Å². The van der Waals surface area contributed by atoms with Crippen LogP contribution in [0.25, 0.3) is 6.08 Å². The Morgan fingerprint density at radius 3 is 2.50 bits per heavy atom. The third-order valence-electron chi connectivity index (χ3n) is 5.01. The maximum absolute atomic E-state index is 11.6. The largest absolute Gasteiger partial charge is 0.508 e. The first-order valence-electron chi connectivity index (χ1n) is 9.06. The molecule has 1 saturated heterocycles. The predicted octanol–water partition coefficient (Wildman–Crippen LogP) is 3.87. The minimum atomic E-state index is -0.511. The molecule has 0 bridgehead atoms. The van der Waals surface area contributed by atoms with Crippen molar-refractivity contribution in [3.05, 3.63) is 69.8 Å². The van der Waals surface area contributed by atoms with Crippen molar-refractivity contribution < 1.29 is 19.6 Å². The molecule has 0 spiro atoms. The van der Waals surface area contributed by atoms with Gasteiger partial charge in [0.2, 0.25) is 0 Å². The zero-order valence-electron chi connectivity index (χ0n) is 15.6. The molecule has 0 unspecified atom stereocenters. The van der Waals surface area contributed by atoms with Crippen LogP contribution in [0.5, 0.6) is 5.75 Å². The second-order valence-corrected chi connectivity index (χ2v) is 6.71. The number of nitrogens with zero attached hydrogens (tertiary/aromatic N) is 2. The van der Waals surface area contributed by atoms with Gasteiger partial charge in [-0.25, -0.2) is 4.79 Å². The molecule has 0 aliphatic carbocycles. The van der Waals surface area contributed by atoms with Crippen LogP contribution in [-0.4, -0.2) is 36.2 Å². The van der Waals surface area contributed by atoms with Crippen LogP contribution in [0, 0.1) is 10.1 Å². The summed E-state index contributed by atoms with van der Waals surface area (Å²) >= 11 is 0. The molecule has 146 valence electrons. The number of nitro groups is 1. The first-order chi connectivity index (χ1) is 13.5. The monoisotopic (exact) mass is 382 g/mol. The lowest BCUT2D eigenvalue weighted by Crippen LogP contribution is -2.33. The lowest BCUT2D eigenvalue weighted by Gasteiger charge is -2.33. The predicted molar refractivity (Wildman–Crippen MR) is 106 cm³/mol. The Balaban J connectivity index is 1.74. The highest BCUT2D eigenvalue weighted by molar-refractivity contribution is 5.87.